The van der Waals surface area contributed by atoms with Crippen LogP contribution in [0, 0.1) is 0 Å². The van der Waals surface area contributed by atoms with Crippen LogP contribution in [-0.2, 0) is 18.1 Å². The lowest BCUT2D eigenvalue weighted by Crippen LogP contribution is -2.27. The largest absolute Gasteiger partial charge is 0.493 e. The number of aryl methyl sites for hydroxylation is 1. The molecule has 2 heterocycles. The predicted molar refractivity (Wildman–Crippen MR) is 59.7 cm³/mol. The second-order valence-corrected chi connectivity index (χ2v) is 4.05. The molecule has 1 aromatic heterocycles. The van der Waals surface area contributed by atoms with E-state index in [1.807, 2.05) is 0 Å². The van der Waals surface area contributed by atoms with Gasteiger partial charge in [-0.15, -0.1) is 0 Å². The van der Waals surface area contributed by atoms with E-state index in [9.17, 15) is 18.3 Å². The minimum absolute atomic E-state index is 0.00576. The number of rotatable bonds is 2. The van der Waals surface area contributed by atoms with E-state index < -0.39 is 11.9 Å². The predicted octanol–water partition coefficient (Wildman–Crippen LogP) is 1.83. The van der Waals surface area contributed by atoms with Crippen molar-refractivity contribution in [1.29, 1.82) is 0 Å². The van der Waals surface area contributed by atoms with Crippen LogP contribution in [0.5, 0.6) is 0 Å². The quantitative estimate of drug-likeness (QED) is 0.894. The molecule has 1 N–H and O–H groups in total. The lowest BCUT2D eigenvalue weighted by molar-refractivity contribution is -0.143. The van der Waals surface area contributed by atoms with Gasteiger partial charge >= 0.3 is 6.18 Å². The summed E-state index contributed by atoms with van der Waals surface area (Å²) >= 11 is 0. The molecule has 9 heteroatoms. The summed E-state index contributed by atoms with van der Waals surface area (Å²) in [6.45, 7) is 1.66. The fraction of sp³-hybridized carbons (Fsp3) is 0.500. The molecule has 0 spiro atoms. The van der Waals surface area contributed by atoms with Gasteiger partial charge in [-0.2, -0.15) is 18.3 Å². The third-order valence-corrected chi connectivity index (χ3v) is 2.88. The number of alkyl halides is 3. The van der Waals surface area contributed by atoms with Crippen LogP contribution >= 0.6 is 0 Å². The molecule has 0 aromatic carbocycles. The molecule has 0 bridgehead atoms. The summed E-state index contributed by atoms with van der Waals surface area (Å²) in [4.78, 5) is 6.20. The number of aromatic nitrogens is 2. The van der Waals surface area contributed by atoms with Crippen LogP contribution in [0.2, 0.25) is 0 Å². The molecule has 0 aliphatic carbocycles. The van der Waals surface area contributed by atoms with Crippen molar-refractivity contribution in [1.82, 2.24) is 14.8 Å². The lowest BCUT2D eigenvalue weighted by Gasteiger charge is -2.18. The maximum absolute atomic E-state index is 12.7. The van der Waals surface area contributed by atoms with E-state index in [0.717, 1.165) is 10.7 Å². The van der Waals surface area contributed by atoms with Gasteiger partial charge in [-0.25, -0.2) is 5.06 Å². The highest BCUT2D eigenvalue weighted by molar-refractivity contribution is 5.48. The average Bonchev–Trinajstić information content (AvgIpc) is 2.82. The van der Waals surface area contributed by atoms with Crippen molar-refractivity contribution in [3.63, 3.8) is 0 Å². The first-order valence-electron chi connectivity index (χ1n) is 5.36. The Balaban J connectivity index is 2.35. The molecule has 0 saturated heterocycles. The third kappa shape index (κ3) is 2.21. The van der Waals surface area contributed by atoms with Crippen LogP contribution in [0.4, 0.5) is 19.0 Å². The van der Waals surface area contributed by atoms with E-state index in [-0.39, 0.29) is 18.4 Å². The van der Waals surface area contributed by atoms with Gasteiger partial charge in [0.05, 0.1) is 7.11 Å². The van der Waals surface area contributed by atoms with Crippen molar-refractivity contribution in [2.75, 3.05) is 18.7 Å². The van der Waals surface area contributed by atoms with Gasteiger partial charge in [-0.1, -0.05) is 0 Å². The topological polar surface area (TPSA) is 53.8 Å². The number of hydrogen-bond donors (Lipinski definition) is 1. The number of aliphatic hydroxyl groups is 1. The summed E-state index contributed by atoms with van der Waals surface area (Å²) < 4.78 is 38.8. The van der Waals surface area contributed by atoms with Crippen LogP contribution in [0.3, 0.4) is 0 Å². The van der Waals surface area contributed by atoms with Gasteiger partial charge in [0.1, 0.15) is 18.1 Å². The Morgan fingerprint density at radius 3 is 2.47 bits per heavy atom. The minimum atomic E-state index is -4.49. The van der Waals surface area contributed by atoms with Gasteiger partial charge in [0.2, 0.25) is 5.88 Å². The Morgan fingerprint density at radius 2 is 2.05 bits per heavy atom. The molecule has 0 amide bonds. The molecule has 0 radical (unpaired) electrons. The third-order valence-electron chi connectivity index (χ3n) is 2.88. The zero-order valence-corrected chi connectivity index (χ0v) is 10.6. The number of aliphatic hydroxyl groups excluding tert-OH is 1. The van der Waals surface area contributed by atoms with Gasteiger partial charge in [-0.3, -0.25) is 14.4 Å². The maximum atomic E-state index is 12.7. The number of hydrogen-bond acceptors (Lipinski definition) is 5. The standard InChI is InChI=1S/C10H13F3N4O2/c1-6-9(18)16(5-17(6)19-3)8-4-7(10(11,12)13)15(2)14-8/h4,18H,5H2,1-3H3. The molecule has 0 atom stereocenters. The summed E-state index contributed by atoms with van der Waals surface area (Å²) in [5.41, 5.74) is -0.481. The van der Waals surface area contributed by atoms with E-state index in [1.54, 1.807) is 6.92 Å². The van der Waals surface area contributed by atoms with E-state index in [0.29, 0.717) is 5.70 Å². The summed E-state index contributed by atoms with van der Waals surface area (Å²) in [6.07, 6.45) is -4.49. The van der Waals surface area contributed by atoms with E-state index in [2.05, 4.69) is 5.10 Å². The molecule has 19 heavy (non-hydrogen) atoms. The van der Waals surface area contributed by atoms with Crippen molar-refractivity contribution < 1.29 is 23.1 Å². The molecule has 0 unspecified atom stereocenters. The molecule has 2 rings (SSSR count). The molecule has 1 aromatic rings. The number of anilines is 1. The van der Waals surface area contributed by atoms with Gasteiger partial charge in [0.15, 0.2) is 5.82 Å². The molecule has 0 fully saturated rings. The number of hydroxylamine groups is 2. The molecular weight excluding hydrogens is 265 g/mol. The maximum Gasteiger partial charge on any atom is 0.433 e. The van der Waals surface area contributed by atoms with Crippen LogP contribution in [-0.4, -0.2) is 33.7 Å². The number of nitrogens with zero attached hydrogens (tertiary/aromatic N) is 4. The summed E-state index contributed by atoms with van der Waals surface area (Å²) in [5.74, 6) is -0.181. The molecule has 1 aliphatic heterocycles. The number of allylic oxidation sites excluding steroid dienone is 1. The first-order chi connectivity index (χ1) is 8.75. The highest BCUT2D eigenvalue weighted by atomic mass is 19.4. The van der Waals surface area contributed by atoms with Crippen molar-refractivity contribution in [3.8, 4) is 0 Å². The monoisotopic (exact) mass is 278 g/mol. The average molecular weight is 278 g/mol. The van der Waals surface area contributed by atoms with E-state index >= 15 is 0 Å². The van der Waals surface area contributed by atoms with E-state index in [1.165, 1.54) is 24.1 Å². The van der Waals surface area contributed by atoms with Crippen molar-refractivity contribution >= 4 is 5.82 Å². The Hall–Kier alpha value is -1.90. The van der Waals surface area contributed by atoms with Gasteiger partial charge in [0.25, 0.3) is 0 Å². The molecule has 1 aliphatic rings. The Bertz CT molecular complexity index is 523. The molecule has 0 saturated carbocycles. The second kappa shape index (κ2) is 4.34. The van der Waals surface area contributed by atoms with Crippen molar-refractivity contribution in [2.24, 2.45) is 7.05 Å². The van der Waals surface area contributed by atoms with Crippen LogP contribution < -0.4 is 4.90 Å². The first kappa shape index (κ1) is 13.5. The highest BCUT2D eigenvalue weighted by Crippen LogP contribution is 2.33. The SMILES string of the molecule is CON1CN(c2cc(C(F)(F)F)n(C)n2)C(O)=C1C. The lowest BCUT2D eigenvalue weighted by atomic mass is 10.4. The summed E-state index contributed by atoms with van der Waals surface area (Å²) in [5, 5.41) is 15.0. The van der Waals surface area contributed by atoms with Crippen LogP contribution in [0.15, 0.2) is 17.6 Å². The van der Waals surface area contributed by atoms with Crippen LogP contribution in [0.25, 0.3) is 0 Å². The van der Waals surface area contributed by atoms with Gasteiger partial charge in [-0.05, 0) is 6.92 Å². The zero-order chi connectivity index (χ0) is 14.4. The molecule has 6 nitrogen and oxygen atoms in total. The zero-order valence-electron chi connectivity index (χ0n) is 10.6. The van der Waals surface area contributed by atoms with Crippen molar-refractivity contribution in [3.05, 3.63) is 23.3 Å². The minimum Gasteiger partial charge on any atom is -0.493 e. The van der Waals surface area contributed by atoms with Gasteiger partial charge < -0.3 is 5.11 Å². The van der Waals surface area contributed by atoms with Gasteiger partial charge in [0, 0.05) is 13.1 Å². The fourth-order valence-electron chi connectivity index (χ4n) is 1.83. The molecule has 106 valence electrons. The Kier molecular flexibility index (Phi) is 3.09. The first-order valence-corrected chi connectivity index (χ1v) is 5.36. The summed E-state index contributed by atoms with van der Waals surface area (Å²) in [6, 6.07) is 0.878. The second-order valence-electron chi connectivity index (χ2n) is 4.05. The Morgan fingerprint density at radius 1 is 1.42 bits per heavy atom. The van der Waals surface area contributed by atoms with E-state index in [4.69, 9.17) is 4.84 Å². The van der Waals surface area contributed by atoms with Crippen LogP contribution in [0.1, 0.15) is 12.6 Å². The Labute approximate surface area is 107 Å². The fourth-order valence-corrected chi connectivity index (χ4v) is 1.83. The number of halogens is 3. The molecular formula is C10H13F3N4O2. The normalized spacial score (nSPS) is 16.7. The smallest absolute Gasteiger partial charge is 0.433 e. The highest BCUT2D eigenvalue weighted by Gasteiger charge is 2.37. The van der Waals surface area contributed by atoms with Crippen molar-refractivity contribution in [2.45, 2.75) is 13.1 Å². The summed E-state index contributed by atoms with van der Waals surface area (Å²) in [7, 11) is 2.60.